The van der Waals surface area contributed by atoms with Gasteiger partial charge in [0, 0.05) is 23.9 Å². The molecule has 0 aromatic rings. The maximum absolute atomic E-state index is 12.3. The first-order valence-electron chi connectivity index (χ1n) is 8.47. The second-order valence-electron chi connectivity index (χ2n) is 9.04. The van der Waals surface area contributed by atoms with Crippen LogP contribution in [-0.2, 0) is 9.22 Å². The minimum absolute atomic E-state index is 0.115. The fourth-order valence-corrected chi connectivity index (χ4v) is 6.22. The fourth-order valence-electron chi connectivity index (χ4n) is 4.85. The lowest BCUT2D eigenvalue weighted by atomic mass is 9.73. The number of Topliss-reactive ketones (excluding diaryl/α,β-unsaturated/α-hetero) is 1. The Morgan fingerprint density at radius 2 is 2.00 bits per heavy atom. The number of hydrogen-bond donors (Lipinski definition) is 0. The minimum atomic E-state index is -1.72. The van der Waals surface area contributed by atoms with Crippen LogP contribution in [0.5, 0.6) is 0 Å². The van der Waals surface area contributed by atoms with Crippen LogP contribution in [0.1, 0.15) is 52.9 Å². The molecule has 0 amide bonds. The molecule has 3 aliphatic rings. The molecule has 0 heterocycles. The summed E-state index contributed by atoms with van der Waals surface area (Å²) in [4.78, 5) is 12.3. The lowest BCUT2D eigenvalue weighted by Crippen LogP contribution is -2.43. The van der Waals surface area contributed by atoms with Crippen LogP contribution in [0, 0.1) is 17.3 Å². The summed E-state index contributed by atoms with van der Waals surface area (Å²) in [5.41, 5.74) is 1.47. The van der Waals surface area contributed by atoms with Crippen LogP contribution < -0.4 is 0 Å². The molecule has 21 heavy (non-hydrogen) atoms. The maximum atomic E-state index is 12.3. The van der Waals surface area contributed by atoms with E-state index in [1.807, 2.05) is 0 Å². The van der Waals surface area contributed by atoms with Crippen molar-refractivity contribution in [2.45, 2.75) is 77.1 Å². The average molecular weight is 307 g/mol. The summed E-state index contributed by atoms with van der Waals surface area (Å²) in [6.45, 7) is 15.9. The highest BCUT2D eigenvalue weighted by molar-refractivity contribution is 6.74. The van der Waals surface area contributed by atoms with Crippen molar-refractivity contribution in [1.29, 1.82) is 0 Å². The van der Waals surface area contributed by atoms with Crippen molar-refractivity contribution in [3.8, 4) is 0 Å². The zero-order chi connectivity index (χ0) is 15.6. The molecule has 0 N–H and O–H groups in total. The van der Waals surface area contributed by atoms with Gasteiger partial charge in [-0.05, 0) is 49.7 Å². The molecule has 3 rings (SSSR count). The second kappa shape index (κ2) is 4.54. The number of ketones is 1. The molecule has 3 heteroatoms. The van der Waals surface area contributed by atoms with E-state index in [1.165, 1.54) is 5.57 Å². The van der Waals surface area contributed by atoms with E-state index in [1.54, 1.807) is 0 Å². The molecular formula is C18H30O2Si. The Hall–Kier alpha value is -0.413. The first-order chi connectivity index (χ1) is 9.58. The molecule has 3 fully saturated rings. The molecule has 0 unspecified atom stereocenters. The van der Waals surface area contributed by atoms with Gasteiger partial charge >= 0.3 is 0 Å². The molecule has 4 atom stereocenters. The van der Waals surface area contributed by atoms with E-state index in [0.717, 1.165) is 32.1 Å². The zero-order valence-electron chi connectivity index (χ0n) is 14.3. The summed E-state index contributed by atoms with van der Waals surface area (Å²) >= 11 is 0. The van der Waals surface area contributed by atoms with Gasteiger partial charge in [0.15, 0.2) is 8.32 Å². The van der Waals surface area contributed by atoms with Gasteiger partial charge < -0.3 is 4.43 Å². The van der Waals surface area contributed by atoms with Gasteiger partial charge in [0.05, 0.1) is 0 Å². The van der Waals surface area contributed by atoms with Crippen molar-refractivity contribution in [1.82, 2.24) is 0 Å². The van der Waals surface area contributed by atoms with Gasteiger partial charge in [-0.3, -0.25) is 4.79 Å². The van der Waals surface area contributed by atoms with E-state index in [9.17, 15) is 4.79 Å². The smallest absolute Gasteiger partial charge is 0.192 e. The summed E-state index contributed by atoms with van der Waals surface area (Å²) < 4.78 is 6.67. The highest BCUT2D eigenvalue weighted by Crippen LogP contribution is 2.66. The van der Waals surface area contributed by atoms with Crippen LogP contribution >= 0.6 is 0 Å². The van der Waals surface area contributed by atoms with Gasteiger partial charge in [-0.15, -0.1) is 0 Å². The first kappa shape index (κ1) is 15.5. The van der Waals surface area contributed by atoms with Crippen LogP contribution in [0.3, 0.4) is 0 Å². The molecule has 0 aliphatic heterocycles. The third-order valence-corrected chi connectivity index (χ3v) is 11.5. The Kier molecular flexibility index (Phi) is 3.35. The first-order valence-corrected chi connectivity index (χ1v) is 11.4. The van der Waals surface area contributed by atoms with E-state index < -0.39 is 8.32 Å². The van der Waals surface area contributed by atoms with Gasteiger partial charge in [0.25, 0.3) is 0 Å². The van der Waals surface area contributed by atoms with Crippen molar-refractivity contribution in [2.24, 2.45) is 17.3 Å². The zero-order valence-corrected chi connectivity index (χ0v) is 15.3. The monoisotopic (exact) mass is 306 g/mol. The summed E-state index contributed by atoms with van der Waals surface area (Å²) in [6.07, 6.45) is 5.36. The fraction of sp³-hybridized carbons (Fsp3) is 0.833. The molecule has 0 radical (unpaired) electrons. The summed E-state index contributed by atoms with van der Waals surface area (Å²) in [7, 11) is -1.72. The normalized spacial score (nSPS) is 39.8. The molecule has 1 spiro atoms. The number of rotatable bonds is 2. The van der Waals surface area contributed by atoms with Gasteiger partial charge in [-0.2, -0.15) is 0 Å². The molecule has 0 aromatic carbocycles. The lowest BCUT2D eigenvalue weighted by Gasteiger charge is -2.39. The van der Waals surface area contributed by atoms with Crippen LogP contribution in [0.2, 0.25) is 18.1 Å². The quantitative estimate of drug-likeness (QED) is 0.545. The number of allylic oxidation sites excluding steroid dienone is 1. The van der Waals surface area contributed by atoms with Crippen LogP contribution in [0.4, 0.5) is 0 Å². The Bertz CT molecular complexity index is 488. The molecule has 0 bridgehead atoms. The predicted octanol–water partition coefficient (Wildman–Crippen LogP) is 4.71. The standard InChI is InChI=1S/C18H30O2Si/c1-12-7-8-15-16(19)10-13-9-14(11-18(12,13)15)20-21(5,6)17(2,3)4/h13-15H,1,7-11H2,2-6H3/t13-,14-,15-,18+/m1/s1. The highest BCUT2D eigenvalue weighted by Gasteiger charge is 2.63. The molecule has 3 saturated carbocycles. The van der Waals surface area contributed by atoms with Crippen LogP contribution in [0.15, 0.2) is 12.2 Å². The summed E-state index contributed by atoms with van der Waals surface area (Å²) in [6, 6.07) is 0. The Labute approximate surface area is 130 Å². The van der Waals surface area contributed by atoms with Crippen molar-refractivity contribution >= 4 is 14.1 Å². The van der Waals surface area contributed by atoms with Crippen LogP contribution in [-0.4, -0.2) is 20.2 Å². The van der Waals surface area contributed by atoms with Crippen molar-refractivity contribution < 1.29 is 9.22 Å². The molecule has 0 aromatic heterocycles. The van der Waals surface area contributed by atoms with Gasteiger partial charge in [-0.1, -0.05) is 32.9 Å². The topological polar surface area (TPSA) is 26.3 Å². The lowest BCUT2D eigenvalue weighted by molar-refractivity contribution is -0.121. The Balaban J connectivity index is 1.80. The second-order valence-corrected chi connectivity index (χ2v) is 13.8. The number of hydrogen-bond acceptors (Lipinski definition) is 2. The molecule has 118 valence electrons. The highest BCUT2D eigenvalue weighted by atomic mass is 28.4. The molecular weight excluding hydrogens is 276 g/mol. The third-order valence-electron chi connectivity index (χ3n) is 6.96. The Morgan fingerprint density at radius 1 is 1.33 bits per heavy atom. The van der Waals surface area contributed by atoms with Gasteiger partial charge in [0.1, 0.15) is 5.78 Å². The van der Waals surface area contributed by atoms with Crippen molar-refractivity contribution in [3.63, 3.8) is 0 Å². The average Bonchev–Trinajstić information content (AvgIpc) is 2.88. The summed E-state index contributed by atoms with van der Waals surface area (Å²) in [5.74, 6) is 1.28. The van der Waals surface area contributed by atoms with Gasteiger partial charge in [0.2, 0.25) is 0 Å². The van der Waals surface area contributed by atoms with E-state index in [4.69, 9.17) is 4.43 Å². The molecule has 2 nitrogen and oxygen atoms in total. The van der Waals surface area contributed by atoms with Gasteiger partial charge in [-0.25, -0.2) is 0 Å². The maximum Gasteiger partial charge on any atom is 0.192 e. The molecule has 0 saturated heterocycles. The van der Waals surface area contributed by atoms with E-state index in [2.05, 4.69) is 40.4 Å². The molecule has 3 aliphatic carbocycles. The largest absolute Gasteiger partial charge is 0.414 e. The summed E-state index contributed by atoms with van der Waals surface area (Å²) in [5, 5.41) is 0.254. The SMILES string of the molecule is C=C1CC[C@@H]2C(=O)C[C@H]3C[C@@H](O[Si](C)(C)C(C)(C)C)C[C@]132. The number of carbonyl (C=O) groups excluding carboxylic acids is 1. The van der Waals surface area contributed by atoms with Crippen molar-refractivity contribution in [3.05, 3.63) is 12.2 Å². The minimum Gasteiger partial charge on any atom is -0.414 e. The van der Waals surface area contributed by atoms with Crippen LogP contribution in [0.25, 0.3) is 0 Å². The number of carbonyl (C=O) groups is 1. The van der Waals surface area contributed by atoms with E-state index in [-0.39, 0.29) is 16.4 Å². The predicted molar refractivity (Wildman–Crippen MR) is 88.7 cm³/mol. The van der Waals surface area contributed by atoms with E-state index in [0.29, 0.717) is 17.8 Å². The van der Waals surface area contributed by atoms with E-state index >= 15 is 0 Å². The van der Waals surface area contributed by atoms with Crippen molar-refractivity contribution in [2.75, 3.05) is 0 Å². The Morgan fingerprint density at radius 3 is 2.62 bits per heavy atom. The third kappa shape index (κ3) is 2.11.